The highest BCUT2D eigenvalue weighted by atomic mass is 16.5. The fourth-order valence-corrected chi connectivity index (χ4v) is 4.44. The van der Waals surface area contributed by atoms with Crippen LogP contribution >= 0.6 is 0 Å². The molecule has 7 heteroatoms. The van der Waals surface area contributed by atoms with E-state index in [-0.39, 0.29) is 49.0 Å². The summed E-state index contributed by atoms with van der Waals surface area (Å²) in [5.74, 6) is -0.575. The number of hydrogen-bond acceptors (Lipinski definition) is 6. The first kappa shape index (κ1) is 26.3. The van der Waals surface area contributed by atoms with Crippen molar-refractivity contribution in [3.63, 3.8) is 0 Å². The van der Waals surface area contributed by atoms with Crippen LogP contribution in [0.25, 0.3) is 0 Å². The van der Waals surface area contributed by atoms with Gasteiger partial charge in [-0.15, -0.1) is 0 Å². The van der Waals surface area contributed by atoms with Gasteiger partial charge in [-0.1, -0.05) is 50.6 Å². The molecule has 0 unspecified atom stereocenters. The summed E-state index contributed by atoms with van der Waals surface area (Å²) in [4.78, 5) is 27.7. The molecule has 2 N–H and O–H groups in total. The van der Waals surface area contributed by atoms with Gasteiger partial charge in [-0.25, -0.2) is 0 Å². The number of ether oxygens (including phenoxy) is 3. The Hall–Kier alpha value is -1.96. The number of methoxy groups -OCH3 is 2. The second-order valence-corrected chi connectivity index (χ2v) is 8.82. The van der Waals surface area contributed by atoms with Gasteiger partial charge in [-0.05, 0) is 31.2 Å². The van der Waals surface area contributed by atoms with Gasteiger partial charge in [0.25, 0.3) is 0 Å². The van der Waals surface area contributed by atoms with Crippen molar-refractivity contribution in [2.45, 2.75) is 77.4 Å². The molecule has 1 aliphatic rings. The number of nitrogens with two attached hydrogens (primary N) is 1. The number of esters is 1. The maximum Gasteiger partial charge on any atom is 0.311 e. The lowest BCUT2D eigenvalue weighted by molar-refractivity contribution is -0.158. The van der Waals surface area contributed by atoms with Gasteiger partial charge in [0, 0.05) is 26.8 Å². The van der Waals surface area contributed by atoms with Crippen LogP contribution in [0.4, 0.5) is 0 Å². The Morgan fingerprint density at radius 1 is 1.16 bits per heavy atom. The van der Waals surface area contributed by atoms with Crippen LogP contribution in [-0.2, 0) is 30.4 Å². The summed E-state index contributed by atoms with van der Waals surface area (Å²) in [6.45, 7) is 6.82. The predicted molar refractivity (Wildman–Crippen MR) is 124 cm³/mol. The van der Waals surface area contributed by atoms with E-state index in [1.54, 1.807) is 21.1 Å². The highest BCUT2D eigenvalue weighted by Gasteiger charge is 2.41. The normalized spacial score (nSPS) is 20.9. The average molecular weight is 449 g/mol. The van der Waals surface area contributed by atoms with Crippen molar-refractivity contribution in [2.24, 2.45) is 17.6 Å². The monoisotopic (exact) mass is 448 g/mol. The minimum Gasteiger partial charge on any atom is -0.461 e. The van der Waals surface area contributed by atoms with Crippen molar-refractivity contribution in [1.82, 2.24) is 4.90 Å². The summed E-state index contributed by atoms with van der Waals surface area (Å²) in [5, 5.41) is 0. The second kappa shape index (κ2) is 12.9. The van der Waals surface area contributed by atoms with E-state index in [1.807, 2.05) is 35.2 Å². The number of hydrogen-bond donors (Lipinski definition) is 1. The Balaban J connectivity index is 2.01. The molecule has 32 heavy (non-hydrogen) atoms. The van der Waals surface area contributed by atoms with Crippen molar-refractivity contribution in [2.75, 3.05) is 20.8 Å². The van der Waals surface area contributed by atoms with Crippen molar-refractivity contribution in [3.8, 4) is 0 Å². The summed E-state index contributed by atoms with van der Waals surface area (Å²) in [5.41, 5.74) is 7.27. The molecule has 1 aliphatic heterocycles. The van der Waals surface area contributed by atoms with E-state index in [4.69, 9.17) is 19.9 Å². The lowest BCUT2D eigenvalue weighted by Gasteiger charge is -2.35. The Kier molecular flexibility index (Phi) is 10.6. The van der Waals surface area contributed by atoms with Gasteiger partial charge in [-0.3, -0.25) is 9.59 Å². The fourth-order valence-electron chi connectivity index (χ4n) is 4.44. The molecule has 0 saturated carbocycles. The molecule has 1 saturated heterocycles. The molecule has 1 heterocycles. The number of rotatable bonds is 12. The maximum absolute atomic E-state index is 13.2. The first-order valence-corrected chi connectivity index (χ1v) is 11.6. The van der Waals surface area contributed by atoms with Crippen molar-refractivity contribution >= 4 is 11.9 Å². The topological polar surface area (TPSA) is 91.1 Å². The molecule has 1 aromatic rings. The summed E-state index contributed by atoms with van der Waals surface area (Å²) in [6.07, 6.45) is 2.03. The number of carbonyl (C=O) groups is 2. The molecule has 180 valence electrons. The molecule has 0 aliphatic carbocycles. The molecular weight excluding hydrogens is 408 g/mol. The van der Waals surface area contributed by atoms with E-state index in [0.29, 0.717) is 6.54 Å². The molecule has 1 aromatic carbocycles. The zero-order chi connectivity index (χ0) is 23.7. The minimum atomic E-state index is -0.497. The van der Waals surface area contributed by atoms with E-state index in [0.717, 1.165) is 24.8 Å². The predicted octanol–water partition coefficient (Wildman–Crippen LogP) is 3.15. The van der Waals surface area contributed by atoms with Crippen molar-refractivity contribution in [3.05, 3.63) is 35.9 Å². The smallest absolute Gasteiger partial charge is 0.311 e. The SMILES string of the molecule is CC[C@H](C)[C@H](N)[C@@H](CC(=O)N1CCC[C@H]1[C@H](OC)[C@@H](C)C(=O)OCc1ccccc1)OC. The Labute approximate surface area is 192 Å². The summed E-state index contributed by atoms with van der Waals surface area (Å²) in [7, 11) is 3.19. The minimum absolute atomic E-state index is 0.00925. The highest BCUT2D eigenvalue weighted by Crippen LogP contribution is 2.28. The standard InChI is InChI=1S/C25H40N2O5/c1-6-17(2)23(26)21(30-4)15-22(28)27-14-10-13-20(27)24(31-5)18(3)25(29)32-16-19-11-8-7-9-12-19/h7-9,11-12,17-18,20-21,23-24H,6,10,13-16,26H2,1-5H3/t17-,18+,20-,21+,23-,24+/m0/s1. The molecule has 2 rings (SSSR count). The van der Waals surface area contributed by atoms with Crippen LogP contribution in [0.2, 0.25) is 0 Å². The van der Waals surface area contributed by atoms with E-state index in [1.165, 1.54) is 0 Å². The van der Waals surface area contributed by atoms with Gasteiger partial charge in [-0.2, -0.15) is 0 Å². The number of amides is 1. The lowest BCUT2D eigenvalue weighted by Crippen LogP contribution is -2.50. The zero-order valence-corrected chi connectivity index (χ0v) is 20.2. The van der Waals surface area contributed by atoms with Gasteiger partial charge in [0.1, 0.15) is 6.61 Å². The van der Waals surface area contributed by atoms with Crippen molar-refractivity contribution in [1.29, 1.82) is 0 Å². The van der Waals surface area contributed by atoms with Crippen LogP contribution in [0.1, 0.15) is 52.0 Å². The molecule has 0 aromatic heterocycles. The molecule has 7 nitrogen and oxygen atoms in total. The lowest BCUT2D eigenvalue weighted by atomic mass is 9.92. The van der Waals surface area contributed by atoms with Gasteiger partial charge in [0.05, 0.1) is 30.6 Å². The molecule has 6 atom stereocenters. The largest absolute Gasteiger partial charge is 0.461 e. The number of likely N-dealkylation sites (tertiary alicyclic amines) is 1. The van der Waals surface area contributed by atoms with Crippen LogP contribution in [0.3, 0.4) is 0 Å². The molecule has 0 radical (unpaired) electrons. The summed E-state index contributed by atoms with van der Waals surface area (Å²) < 4.78 is 16.8. The fraction of sp³-hybridized carbons (Fsp3) is 0.680. The van der Waals surface area contributed by atoms with Crippen LogP contribution in [0.15, 0.2) is 30.3 Å². The van der Waals surface area contributed by atoms with Crippen LogP contribution in [0.5, 0.6) is 0 Å². The number of carbonyl (C=O) groups excluding carboxylic acids is 2. The van der Waals surface area contributed by atoms with E-state index in [9.17, 15) is 9.59 Å². The average Bonchev–Trinajstić information content (AvgIpc) is 3.30. The first-order valence-electron chi connectivity index (χ1n) is 11.6. The van der Waals surface area contributed by atoms with E-state index >= 15 is 0 Å². The third-order valence-electron chi connectivity index (χ3n) is 6.77. The molecule has 1 amide bonds. The Bertz CT molecular complexity index is 714. The molecule has 0 bridgehead atoms. The Morgan fingerprint density at radius 2 is 1.84 bits per heavy atom. The molecule has 1 fully saturated rings. The quantitative estimate of drug-likeness (QED) is 0.494. The number of nitrogens with zero attached hydrogens (tertiary/aromatic N) is 1. The third-order valence-corrected chi connectivity index (χ3v) is 6.77. The van der Waals surface area contributed by atoms with E-state index < -0.39 is 12.0 Å². The van der Waals surface area contributed by atoms with Crippen LogP contribution in [0, 0.1) is 11.8 Å². The van der Waals surface area contributed by atoms with Gasteiger partial charge < -0.3 is 24.8 Å². The van der Waals surface area contributed by atoms with Crippen LogP contribution < -0.4 is 5.73 Å². The summed E-state index contributed by atoms with van der Waals surface area (Å²) in [6, 6.07) is 9.19. The summed E-state index contributed by atoms with van der Waals surface area (Å²) >= 11 is 0. The van der Waals surface area contributed by atoms with Gasteiger partial charge in [0.2, 0.25) is 5.91 Å². The van der Waals surface area contributed by atoms with Crippen LogP contribution in [-0.4, -0.2) is 61.8 Å². The molecular formula is C25H40N2O5. The number of benzene rings is 1. The Morgan fingerprint density at radius 3 is 2.44 bits per heavy atom. The van der Waals surface area contributed by atoms with E-state index in [2.05, 4.69) is 13.8 Å². The third kappa shape index (κ3) is 6.77. The van der Waals surface area contributed by atoms with Gasteiger partial charge in [0.15, 0.2) is 0 Å². The molecule has 0 spiro atoms. The van der Waals surface area contributed by atoms with Crippen molar-refractivity contribution < 1.29 is 23.8 Å². The van der Waals surface area contributed by atoms with Gasteiger partial charge >= 0.3 is 5.97 Å². The first-order chi connectivity index (χ1) is 15.3. The zero-order valence-electron chi connectivity index (χ0n) is 20.2. The highest BCUT2D eigenvalue weighted by molar-refractivity contribution is 5.78. The maximum atomic E-state index is 13.2. The second-order valence-electron chi connectivity index (χ2n) is 8.82.